The van der Waals surface area contributed by atoms with Crippen LogP contribution in [-0.4, -0.2) is 18.3 Å². The third-order valence-corrected chi connectivity index (χ3v) is 2.93. The monoisotopic (exact) mass is 260 g/mol. The van der Waals surface area contributed by atoms with E-state index in [2.05, 4.69) is 18.8 Å². The van der Waals surface area contributed by atoms with E-state index in [1.807, 2.05) is 24.3 Å². The lowest BCUT2D eigenvalue weighted by molar-refractivity contribution is 0.304. The predicted molar refractivity (Wildman–Crippen MR) is 79.3 cm³/mol. The van der Waals surface area contributed by atoms with Gasteiger partial charge in [-0.15, -0.1) is 0 Å². The zero-order valence-corrected chi connectivity index (χ0v) is 11.8. The van der Waals surface area contributed by atoms with E-state index in [1.165, 1.54) is 32.1 Å². The first-order valence-corrected chi connectivity index (χ1v) is 7.19. The van der Waals surface area contributed by atoms with Gasteiger partial charge < -0.3 is 9.84 Å². The van der Waals surface area contributed by atoms with Gasteiger partial charge >= 0.3 is 0 Å². The predicted octanol–water partition coefficient (Wildman–Crippen LogP) is 3.77. The Bertz CT molecular complexity index is 384. The van der Waals surface area contributed by atoms with Gasteiger partial charge in [0.1, 0.15) is 12.4 Å². The maximum Gasteiger partial charge on any atom is 0.119 e. The summed E-state index contributed by atoms with van der Waals surface area (Å²) in [6.07, 6.45) is 7.66. The molecule has 2 nitrogen and oxygen atoms in total. The molecule has 0 saturated heterocycles. The number of ether oxygens (including phenoxy) is 1. The van der Waals surface area contributed by atoms with Crippen molar-refractivity contribution in [1.29, 1.82) is 0 Å². The highest BCUT2D eigenvalue weighted by Crippen LogP contribution is 2.12. The van der Waals surface area contributed by atoms with Crippen molar-refractivity contribution in [1.82, 2.24) is 0 Å². The van der Waals surface area contributed by atoms with Crippen molar-refractivity contribution in [2.24, 2.45) is 0 Å². The van der Waals surface area contributed by atoms with Crippen LogP contribution in [0.5, 0.6) is 5.75 Å². The van der Waals surface area contributed by atoms with Crippen molar-refractivity contribution in [3.05, 3.63) is 29.8 Å². The lowest BCUT2D eigenvalue weighted by atomic mass is 10.1. The average molecular weight is 260 g/mol. The molecular weight excluding hydrogens is 236 g/mol. The Balaban J connectivity index is 2.16. The number of hydrogen-bond acceptors (Lipinski definition) is 2. The van der Waals surface area contributed by atoms with Gasteiger partial charge in [0.25, 0.3) is 0 Å². The Morgan fingerprint density at radius 1 is 1.00 bits per heavy atom. The first kappa shape index (κ1) is 15.6. The van der Waals surface area contributed by atoms with Crippen LogP contribution in [0, 0.1) is 11.8 Å². The van der Waals surface area contributed by atoms with Crippen LogP contribution in [-0.2, 0) is 0 Å². The minimum Gasteiger partial charge on any atom is -0.494 e. The maximum atomic E-state index is 8.60. The van der Waals surface area contributed by atoms with Crippen LogP contribution in [0.3, 0.4) is 0 Å². The summed E-state index contributed by atoms with van der Waals surface area (Å²) in [5.41, 5.74) is 0.904. The summed E-state index contributed by atoms with van der Waals surface area (Å²) in [6, 6.07) is 7.69. The van der Waals surface area contributed by atoms with E-state index in [4.69, 9.17) is 9.84 Å². The quantitative estimate of drug-likeness (QED) is 0.569. The molecule has 1 N–H and O–H groups in total. The molecule has 0 atom stereocenters. The summed E-state index contributed by atoms with van der Waals surface area (Å²) in [6.45, 7) is 2.92. The lowest BCUT2D eigenvalue weighted by Gasteiger charge is -2.06. The molecule has 1 rings (SSSR count). The highest BCUT2D eigenvalue weighted by Gasteiger charge is 1.94. The van der Waals surface area contributed by atoms with Gasteiger partial charge in [-0.3, -0.25) is 0 Å². The Kier molecular flexibility index (Phi) is 8.59. The van der Waals surface area contributed by atoms with Crippen molar-refractivity contribution in [2.75, 3.05) is 13.2 Å². The summed E-state index contributed by atoms with van der Waals surface area (Å²) >= 11 is 0. The Labute approximate surface area is 116 Å². The average Bonchev–Trinajstić information content (AvgIpc) is 2.45. The van der Waals surface area contributed by atoms with Gasteiger partial charge in [0.15, 0.2) is 0 Å². The van der Waals surface area contributed by atoms with Crippen molar-refractivity contribution in [3.63, 3.8) is 0 Å². The number of rotatable bonds is 8. The minimum absolute atomic E-state index is 0.101. The Morgan fingerprint density at radius 2 is 1.68 bits per heavy atom. The standard InChI is InChI=1S/C17H24O2/c1-2-3-4-5-6-7-15-19-17-12-10-16(11-13-17)9-8-14-18/h10-13,18H,2-7,14-15H2,1H3. The van der Waals surface area contributed by atoms with Gasteiger partial charge in [-0.2, -0.15) is 0 Å². The molecule has 0 fully saturated rings. The van der Waals surface area contributed by atoms with Crippen molar-refractivity contribution >= 4 is 0 Å². The summed E-state index contributed by atoms with van der Waals surface area (Å²) in [4.78, 5) is 0. The Morgan fingerprint density at radius 3 is 2.37 bits per heavy atom. The number of aliphatic hydroxyl groups excluding tert-OH is 1. The number of benzene rings is 1. The fourth-order valence-electron chi connectivity index (χ4n) is 1.85. The molecule has 0 aliphatic rings. The van der Waals surface area contributed by atoms with E-state index in [-0.39, 0.29) is 6.61 Å². The van der Waals surface area contributed by atoms with Crippen LogP contribution < -0.4 is 4.74 Å². The van der Waals surface area contributed by atoms with Gasteiger partial charge in [-0.1, -0.05) is 50.9 Å². The van der Waals surface area contributed by atoms with Crippen molar-refractivity contribution in [2.45, 2.75) is 45.4 Å². The molecule has 19 heavy (non-hydrogen) atoms. The van der Waals surface area contributed by atoms with Crippen LogP contribution >= 0.6 is 0 Å². The molecule has 0 spiro atoms. The third kappa shape index (κ3) is 7.54. The molecule has 0 unspecified atom stereocenters. The first-order chi connectivity index (χ1) is 9.36. The van der Waals surface area contributed by atoms with Gasteiger partial charge in [0.05, 0.1) is 6.61 Å². The number of hydrogen-bond donors (Lipinski definition) is 1. The molecule has 0 amide bonds. The highest BCUT2D eigenvalue weighted by atomic mass is 16.5. The molecule has 0 saturated carbocycles. The second kappa shape index (κ2) is 10.5. The molecule has 1 aromatic rings. The second-order valence-electron chi connectivity index (χ2n) is 4.60. The molecule has 0 aliphatic carbocycles. The van der Waals surface area contributed by atoms with Crippen LogP contribution in [0.25, 0.3) is 0 Å². The second-order valence-corrected chi connectivity index (χ2v) is 4.60. The zero-order valence-electron chi connectivity index (χ0n) is 11.8. The van der Waals surface area contributed by atoms with E-state index in [0.29, 0.717) is 0 Å². The highest BCUT2D eigenvalue weighted by molar-refractivity contribution is 5.38. The molecule has 104 valence electrons. The van der Waals surface area contributed by atoms with Gasteiger partial charge in [-0.05, 0) is 30.7 Å². The largest absolute Gasteiger partial charge is 0.494 e. The molecule has 0 aliphatic heterocycles. The van der Waals surface area contributed by atoms with Crippen LogP contribution in [0.2, 0.25) is 0 Å². The molecule has 0 radical (unpaired) electrons. The number of unbranched alkanes of at least 4 members (excludes halogenated alkanes) is 5. The maximum absolute atomic E-state index is 8.60. The normalized spacial score (nSPS) is 9.79. The smallest absolute Gasteiger partial charge is 0.119 e. The van der Waals surface area contributed by atoms with Crippen LogP contribution in [0.15, 0.2) is 24.3 Å². The van der Waals surface area contributed by atoms with Gasteiger partial charge in [-0.25, -0.2) is 0 Å². The van der Waals surface area contributed by atoms with E-state index < -0.39 is 0 Å². The van der Waals surface area contributed by atoms with E-state index in [9.17, 15) is 0 Å². The van der Waals surface area contributed by atoms with E-state index in [0.717, 1.165) is 24.3 Å². The number of aliphatic hydroxyl groups is 1. The topological polar surface area (TPSA) is 29.5 Å². The van der Waals surface area contributed by atoms with E-state index >= 15 is 0 Å². The minimum atomic E-state index is -0.101. The van der Waals surface area contributed by atoms with Crippen molar-refractivity contribution < 1.29 is 9.84 Å². The Hall–Kier alpha value is -1.46. The third-order valence-electron chi connectivity index (χ3n) is 2.93. The fraction of sp³-hybridized carbons (Fsp3) is 0.529. The summed E-state index contributed by atoms with van der Waals surface area (Å²) in [7, 11) is 0. The summed E-state index contributed by atoms with van der Waals surface area (Å²) in [5, 5.41) is 8.60. The summed E-state index contributed by atoms with van der Waals surface area (Å²) in [5.74, 6) is 6.38. The molecule has 1 aromatic carbocycles. The SMILES string of the molecule is CCCCCCCCOc1ccc(C#CCO)cc1. The van der Waals surface area contributed by atoms with Gasteiger partial charge in [0, 0.05) is 5.56 Å². The lowest BCUT2D eigenvalue weighted by Crippen LogP contribution is -1.97. The molecule has 2 heteroatoms. The summed E-state index contributed by atoms with van der Waals surface area (Å²) < 4.78 is 5.67. The molecule has 0 bridgehead atoms. The molecular formula is C17H24O2. The van der Waals surface area contributed by atoms with Gasteiger partial charge in [0.2, 0.25) is 0 Å². The van der Waals surface area contributed by atoms with E-state index in [1.54, 1.807) is 0 Å². The molecule has 0 heterocycles. The van der Waals surface area contributed by atoms with Crippen molar-refractivity contribution in [3.8, 4) is 17.6 Å². The first-order valence-electron chi connectivity index (χ1n) is 7.19. The van der Waals surface area contributed by atoms with Crippen LogP contribution in [0.4, 0.5) is 0 Å². The molecule has 0 aromatic heterocycles. The zero-order chi connectivity index (χ0) is 13.8. The fourth-order valence-corrected chi connectivity index (χ4v) is 1.85. The van der Waals surface area contributed by atoms with Crippen LogP contribution in [0.1, 0.15) is 51.0 Å².